The molecule has 5 nitrogen and oxygen atoms in total. The Morgan fingerprint density at radius 3 is 2.53 bits per heavy atom. The van der Waals surface area contributed by atoms with E-state index < -0.39 is 12.0 Å². The van der Waals surface area contributed by atoms with Crippen molar-refractivity contribution in [2.75, 3.05) is 12.3 Å². The Morgan fingerprint density at radius 1 is 1.35 bits per heavy atom. The normalized spacial score (nSPS) is 12.1. The standard InChI is InChI=1S/C11H13NO4S/c13-9-4-2-1-3-7(9)10(14)5-12-8(6-17)11(15)16/h1-4,8,12-13,17H,5-6H2,(H,15,16)/t8-/m1/s1. The largest absolute Gasteiger partial charge is 0.507 e. The average Bonchev–Trinajstić information content (AvgIpc) is 2.29. The van der Waals surface area contributed by atoms with Crippen molar-refractivity contribution in [2.24, 2.45) is 0 Å². The highest BCUT2D eigenvalue weighted by atomic mass is 32.1. The third kappa shape index (κ3) is 3.76. The Morgan fingerprint density at radius 2 is 2.00 bits per heavy atom. The first kappa shape index (κ1) is 13.5. The van der Waals surface area contributed by atoms with Crippen molar-refractivity contribution in [3.63, 3.8) is 0 Å². The Balaban J connectivity index is 2.62. The lowest BCUT2D eigenvalue weighted by Gasteiger charge is -2.11. The summed E-state index contributed by atoms with van der Waals surface area (Å²) in [5.41, 5.74) is 0.170. The van der Waals surface area contributed by atoms with Gasteiger partial charge in [-0.15, -0.1) is 0 Å². The molecule has 0 saturated heterocycles. The molecule has 6 heteroatoms. The lowest BCUT2D eigenvalue weighted by Crippen LogP contribution is -2.41. The summed E-state index contributed by atoms with van der Waals surface area (Å²) in [6, 6.07) is 5.23. The zero-order chi connectivity index (χ0) is 12.8. The van der Waals surface area contributed by atoms with Crippen molar-refractivity contribution >= 4 is 24.4 Å². The molecule has 92 valence electrons. The first-order valence-corrected chi connectivity index (χ1v) is 5.57. The zero-order valence-corrected chi connectivity index (χ0v) is 9.85. The number of phenolic OH excluding ortho intramolecular Hbond substituents is 1. The quantitative estimate of drug-likeness (QED) is 0.440. The van der Waals surface area contributed by atoms with E-state index in [2.05, 4.69) is 17.9 Å². The van der Waals surface area contributed by atoms with Crippen LogP contribution in [0.1, 0.15) is 10.4 Å². The number of aromatic hydroxyl groups is 1. The first-order valence-electron chi connectivity index (χ1n) is 4.94. The van der Waals surface area contributed by atoms with Crippen LogP contribution in [0.25, 0.3) is 0 Å². The monoisotopic (exact) mass is 255 g/mol. The van der Waals surface area contributed by atoms with Crippen LogP contribution in [-0.4, -0.2) is 40.3 Å². The van der Waals surface area contributed by atoms with Gasteiger partial charge in [0.25, 0.3) is 0 Å². The number of carboxylic acid groups (broad SMARTS) is 1. The minimum absolute atomic E-state index is 0.0867. The lowest BCUT2D eigenvalue weighted by atomic mass is 10.1. The number of hydrogen-bond donors (Lipinski definition) is 4. The number of Topliss-reactive ketones (excluding diaryl/α,β-unsaturated/α-hetero) is 1. The van der Waals surface area contributed by atoms with Gasteiger partial charge in [-0.2, -0.15) is 12.6 Å². The molecule has 3 N–H and O–H groups in total. The highest BCUT2D eigenvalue weighted by Gasteiger charge is 2.17. The maximum Gasteiger partial charge on any atom is 0.321 e. The number of para-hydroxylation sites is 1. The van der Waals surface area contributed by atoms with Crippen molar-refractivity contribution < 1.29 is 19.8 Å². The molecule has 1 rings (SSSR count). The van der Waals surface area contributed by atoms with E-state index in [1.54, 1.807) is 12.1 Å². The van der Waals surface area contributed by atoms with E-state index in [-0.39, 0.29) is 29.4 Å². The van der Waals surface area contributed by atoms with Gasteiger partial charge in [0.1, 0.15) is 11.8 Å². The minimum atomic E-state index is -1.06. The van der Waals surface area contributed by atoms with Gasteiger partial charge in [-0.25, -0.2) is 0 Å². The van der Waals surface area contributed by atoms with Crippen LogP contribution in [-0.2, 0) is 4.79 Å². The number of ketones is 1. The summed E-state index contributed by atoms with van der Waals surface area (Å²) in [6.45, 7) is -0.158. The average molecular weight is 255 g/mol. The molecule has 0 bridgehead atoms. The number of rotatable bonds is 6. The highest BCUT2D eigenvalue weighted by molar-refractivity contribution is 7.80. The van der Waals surface area contributed by atoms with Gasteiger partial charge in [0.05, 0.1) is 12.1 Å². The van der Waals surface area contributed by atoms with Crippen LogP contribution in [0.3, 0.4) is 0 Å². The number of benzene rings is 1. The maximum atomic E-state index is 11.7. The van der Waals surface area contributed by atoms with Gasteiger partial charge in [0.15, 0.2) is 5.78 Å². The molecule has 0 aliphatic rings. The van der Waals surface area contributed by atoms with Crippen molar-refractivity contribution in [2.45, 2.75) is 6.04 Å². The summed E-state index contributed by atoms with van der Waals surface area (Å²) in [5, 5.41) is 20.7. The molecular weight excluding hydrogens is 242 g/mol. The van der Waals surface area contributed by atoms with E-state index in [0.717, 1.165) is 0 Å². The predicted octanol–water partition coefficient (Wildman–Crippen LogP) is 0.547. The molecule has 0 aliphatic carbocycles. The van der Waals surface area contributed by atoms with Crippen LogP contribution in [0.4, 0.5) is 0 Å². The van der Waals surface area contributed by atoms with Crippen molar-refractivity contribution in [3.05, 3.63) is 29.8 Å². The molecule has 0 radical (unpaired) electrons. The molecule has 1 atom stereocenters. The van der Waals surface area contributed by atoms with Crippen LogP contribution in [0, 0.1) is 0 Å². The van der Waals surface area contributed by atoms with Crippen LogP contribution in [0.15, 0.2) is 24.3 Å². The Hall–Kier alpha value is -1.53. The molecule has 0 unspecified atom stereocenters. The van der Waals surface area contributed by atoms with Gasteiger partial charge in [0.2, 0.25) is 0 Å². The predicted molar refractivity (Wildman–Crippen MR) is 65.7 cm³/mol. The number of carbonyl (C=O) groups excluding carboxylic acids is 1. The Bertz CT molecular complexity index is 422. The van der Waals surface area contributed by atoms with E-state index in [4.69, 9.17) is 5.11 Å². The van der Waals surface area contributed by atoms with Crippen LogP contribution in [0.5, 0.6) is 5.75 Å². The van der Waals surface area contributed by atoms with Crippen LogP contribution >= 0.6 is 12.6 Å². The van der Waals surface area contributed by atoms with E-state index >= 15 is 0 Å². The third-order valence-electron chi connectivity index (χ3n) is 2.19. The second-order valence-electron chi connectivity index (χ2n) is 3.39. The molecule has 0 amide bonds. The molecule has 0 heterocycles. The molecule has 0 saturated carbocycles. The summed E-state index contributed by atoms with van der Waals surface area (Å²) in [7, 11) is 0. The number of thiol groups is 1. The number of nitrogens with one attached hydrogen (secondary N) is 1. The molecular formula is C11H13NO4S. The topological polar surface area (TPSA) is 86.6 Å². The number of carbonyl (C=O) groups is 2. The van der Waals surface area contributed by atoms with Crippen molar-refractivity contribution in [1.82, 2.24) is 5.32 Å². The van der Waals surface area contributed by atoms with Crippen LogP contribution < -0.4 is 5.32 Å². The highest BCUT2D eigenvalue weighted by Crippen LogP contribution is 2.15. The molecule has 0 fully saturated rings. The Kier molecular flexibility index (Phi) is 4.99. The number of hydrogen-bond acceptors (Lipinski definition) is 5. The zero-order valence-electron chi connectivity index (χ0n) is 8.96. The molecule has 17 heavy (non-hydrogen) atoms. The minimum Gasteiger partial charge on any atom is -0.507 e. The molecule has 0 aliphatic heterocycles. The smallest absolute Gasteiger partial charge is 0.321 e. The number of carboxylic acids is 1. The second kappa shape index (κ2) is 6.27. The van der Waals surface area contributed by atoms with E-state index in [0.29, 0.717) is 0 Å². The summed E-state index contributed by atoms with van der Waals surface area (Å²) in [6.07, 6.45) is 0. The lowest BCUT2D eigenvalue weighted by molar-refractivity contribution is -0.138. The number of phenols is 1. The summed E-state index contributed by atoms with van der Waals surface area (Å²) >= 11 is 3.86. The fourth-order valence-electron chi connectivity index (χ4n) is 1.25. The van der Waals surface area contributed by atoms with Gasteiger partial charge in [-0.3, -0.25) is 14.9 Å². The van der Waals surface area contributed by atoms with Gasteiger partial charge in [-0.1, -0.05) is 12.1 Å². The number of aliphatic carboxylic acids is 1. The molecule has 0 aromatic heterocycles. The molecule has 0 spiro atoms. The van der Waals surface area contributed by atoms with Gasteiger partial charge in [-0.05, 0) is 12.1 Å². The Labute approximate surface area is 104 Å². The van der Waals surface area contributed by atoms with Gasteiger partial charge >= 0.3 is 5.97 Å². The fraction of sp³-hybridized carbons (Fsp3) is 0.273. The van der Waals surface area contributed by atoms with E-state index in [9.17, 15) is 14.7 Å². The third-order valence-corrected chi connectivity index (χ3v) is 2.56. The SMILES string of the molecule is O=C(CN[C@H](CS)C(=O)O)c1ccccc1O. The van der Waals surface area contributed by atoms with Crippen molar-refractivity contribution in [3.8, 4) is 5.75 Å². The van der Waals surface area contributed by atoms with E-state index in [1.807, 2.05) is 0 Å². The summed E-state index contributed by atoms with van der Waals surface area (Å²) < 4.78 is 0. The fourth-order valence-corrected chi connectivity index (χ4v) is 1.54. The first-order chi connectivity index (χ1) is 8.06. The van der Waals surface area contributed by atoms with E-state index in [1.165, 1.54) is 12.1 Å². The van der Waals surface area contributed by atoms with Gasteiger partial charge < -0.3 is 10.2 Å². The molecule has 1 aromatic rings. The van der Waals surface area contributed by atoms with Crippen LogP contribution in [0.2, 0.25) is 0 Å². The van der Waals surface area contributed by atoms with Gasteiger partial charge in [0, 0.05) is 5.75 Å². The van der Waals surface area contributed by atoms with Crippen molar-refractivity contribution in [1.29, 1.82) is 0 Å². The second-order valence-corrected chi connectivity index (χ2v) is 3.76. The summed E-state index contributed by atoms with van der Waals surface area (Å²) in [5.74, 6) is -1.46. The maximum absolute atomic E-state index is 11.7. The molecule has 1 aromatic carbocycles. The summed E-state index contributed by atoms with van der Waals surface area (Å²) in [4.78, 5) is 22.3.